The molecule has 3 aromatic rings. The van der Waals surface area contributed by atoms with E-state index in [1.54, 1.807) is 12.1 Å². The van der Waals surface area contributed by atoms with Crippen LogP contribution in [0.3, 0.4) is 0 Å². The molecule has 100 valence electrons. The average molecular weight is 287 g/mol. The second-order valence-electron chi connectivity index (χ2n) is 4.33. The molecular weight excluding hydrogens is 276 g/mol. The molecular formula is C16H11ClO3. The number of halogens is 1. The van der Waals surface area contributed by atoms with Crippen molar-refractivity contribution in [3.63, 3.8) is 0 Å². The maximum atomic E-state index is 11.1. The van der Waals surface area contributed by atoms with Gasteiger partial charge in [-0.1, -0.05) is 36.4 Å². The van der Waals surface area contributed by atoms with Gasteiger partial charge in [0.05, 0.1) is 5.39 Å². The first kappa shape index (κ1) is 12.8. The summed E-state index contributed by atoms with van der Waals surface area (Å²) in [6, 6.07) is 16.9. The molecule has 0 radical (unpaired) electrons. The summed E-state index contributed by atoms with van der Waals surface area (Å²) in [5.74, 6) is 0.789. The Morgan fingerprint density at radius 1 is 1.10 bits per heavy atom. The summed E-state index contributed by atoms with van der Waals surface area (Å²) < 4.78 is 11.1. The highest BCUT2D eigenvalue weighted by Crippen LogP contribution is 2.29. The topological polar surface area (TPSA) is 39.4 Å². The lowest BCUT2D eigenvalue weighted by Crippen LogP contribution is -1.94. The molecule has 4 heteroatoms. The van der Waals surface area contributed by atoms with Crippen LogP contribution in [0.1, 0.15) is 16.1 Å². The normalized spacial score (nSPS) is 10.7. The summed E-state index contributed by atoms with van der Waals surface area (Å²) in [6.07, 6.45) is 0. The number of ether oxygens (including phenoxy) is 1. The van der Waals surface area contributed by atoms with Gasteiger partial charge in [-0.2, -0.15) is 0 Å². The minimum atomic E-state index is -0.616. The minimum Gasteiger partial charge on any atom is -0.488 e. The highest BCUT2D eigenvalue weighted by molar-refractivity contribution is 6.67. The van der Waals surface area contributed by atoms with E-state index in [0.717, 1.165) is 10.9 Å². The molecule has 3 rings (SSSR count). The molecule has 1 heterocycles. The van der Waals surface area contributed by atoms with Crippen LogP contribution in [0.5, 0.6) is 5.75 Å². The van der Waals surface area contributed by atoms with Crippen molar-refractivity contribution in [3.8, 4) is 5.75 Å². The summed E-state index contributed by atoms with van der Waals surface area (Å²) in [4.78, 5) is 11.1. The molecule has 0 aliphatic rings. The molecule has 0 unspecified atom stereocenters. The molecule has 0 saturated heterocycles. The van der Waals surface area contributed by atoms with Crippen LogP contribution in [0.2, 0.25) is 0 Å². The predicted octanol–water partition coefficient (Wildman–Crippen LogP) is 4.39. The standard InChI is InChI=1S/C16H11ClO3/c17-16(18)15-9-12-13(7-4-8-14(12)20-15)19-10-11-5-2-1-3-6-11/h1-9H,10H2. The number of benzene rings is 2. The van der Waals surface area contributed by atoms with E-state index in [1.165, 1.54) is 0 Å². The first-order chi connectivity index (χ1) is 9.74. The van der Waals surface area contributed by atoms with Gasteiger partial charge >= 0.3 is 0 Å². The number of rotatable bonds is 4. The van der Waals surface area contributed by atoms with Crippen molar-refractivity contribution in [2.75, 3.05) is 0 Å². The minimum absolute atomic E-state index is 0.123. The zero-order valence-corrected chi connectivity index (χ0v) is 11.3. The van der Waals surface area contributed by atoms with Gasteiger partial charge < -0.3 is 9.15 Å². The van der Waals surface area contributed by atoms with Gasteiger partial charge in [-0.3, -0.25) is 4.79 Å². The molecule has 20 heavy (non-hydrogen) atoms. The van der Waals surface area contributed by atoms with Crippen LogP contribution in [0.25, 0.3) is 11.0 Å². The summed E-state index contributed by atoms with van der Waals surface area (Å²) >= 11 is 5.43. The van der Waals surface area contributed by atoms with E-state index in [-0.39, 0.29) is 5.76 Å². The fourth-order valence-corrected chi connectivity index (χ4v) is 2.09. The molecule has 3 nitrogen and oxygen atoms in total. The van der Waals surface area contributed by atoms with Gasteiger partial charge in [0.15, 0.2) is 5.76 Å². The van der Waals surface area contributed by atoms with E-state index >= 15 is 0 Å². The lowest BCUT2D eigenvalue weighted by Gasteiger charge is -2.06. The van der Waals surface area contributed by atoms with E-state index in [2.05, 4.69) is 0 Å². The van der Waals surface area contributed by atoms with Crippen LogP contribution < -0.4 is 4.74 Å². The Morgan fingerprint density at radius 3 is 2.65 bits per heavy atom. The van der Waals surface area contributed by atoms with E-state index in [9.17, 15) is 4.79 Å². The fraction of sp³-hybridized carbons (Fsp3) is 0.0625. The predicted molar refractivity (Wildman–Crippen MR) is 77.2 cm³/mol. The summed E-state index contributed by atoms with van der Waals surface area (Å²) in [5.41, 5.74) is 1.65. The first-order valence-electron chi connectivity index (χ1n) is 6.13. The third-order valence-electron chi connectivity index (χ3n) is 2.95. The van der Waals surface area contributed by atoms with Crippen LogP contribution in [0.4, 0.5) is 0 Å². The third-order valence-corrected chi connectivity index (χ3v) is 3.14. The van der Waals surface area contributed by atoms with Crippen LogP contribution in [0, 0.1) is 0 Å². The Kier molecular flexibility index (Phi) is 3.44. The zero-order valence-electron chi connectivity index (χ0n) is 10.5. The van der Waals surface area contributed by atoms with Gasteiger partial charge in [-0.15, -0.1) is 0 Å². The van der Waals surface area contributed by atoms with Gasteiger partial charge in [-0.25, -0.2) is 0 Å². The Bertz CT molecular complexity index is 747. The van der Waals surface area contributed by atoms with Crippen LogP contribution >= 0.6 is 11.6 Å². The third kappa shape index (κ3) is 2.53. The Labute approximate surface area is 120 Å². The number of fused-ring (bicyclic) bond motifs is 1. The lowest BCUT2D eigenvalue weighted by atomic mass is 10.2. The Hall–Kier alpha value is -2.26. The smallest absolute Gasteiger partial charge is 0.287 e. The summed E-state index contributed by atoms with van der Waals surface area (Å²) in [7, 11) is 0. The highest BCUT2D eigenvalue weighted by Gasteiger charge is 2.12. The summed E-state index contributed by atoms with van der Waals surface area (Å²) in [6.45, 7) is 0.454. The molecule has 0 spiro atoms. The van der Waals surface area contributed by atoms with E-state index < -0.39 is 5.24 Å². The van der Waals surface area contributed by atoms with Crippen molar-refractivity contribution in [2.24, 2.45) is 0 Å². The second-order valence-corrected chi connectivity index (χ2v) is 4.67. The van der Waals surface area contributed by atoms with Gasteiger partial charge in [0, 0.05) is 6.07 Å². The average Bonchev–Trinajstić information content (AvgIpc) is 2.91. The molecule has 0 saturated carbocycles. The van der Waals surface area contributed by atoms with E-state index in [0.29, 0.717) is 17.9 Å². The van der Waals surface area contributed by atoms with Gasteiger partial charge in [0.2, 0.25) is 0 Å². The van der Waals surface area contributed by atoms with Gasteiger partial charge in [0.1, 0.15) is 17.9 Å². The van der Waals surface area contributed by atoms with Crippen molar-refractivity contribution < 1.29 is 13.9 Å². The molecule has 0 amide bonds. The van der Waals surface area contributed by atoms with Gasteiger partial charge in [0.25, 0.3) is 5.24 Å². The first-order valence-corrected chi connectivity index (χ1v) is 6.51. The maximum absolute atomic E-state index is 11.1. The maximum Gasteiger partial charge on any atom is 0.287 e. The van der Waals surface area contributed by atoms with Crippen LogP contribution in [0.15, 0.2) is 59.0 Å². The molecule has 2 aromatic carbocycles. The second kappa shape index (κ2) is 5.39. The Balaban J connectivity index is 1.89. The van der Waals surface area contributed by atoms with Crippen molar-refractivity contribution in [1.29, 1.82) is 0 Å². The zero-order chi connectivity index (χ0) is 13.9. The van der Waals surface area contributed by atoms with Crippen molar-refractivity contribution in [1.82, 2.24) is 0 Å². The van der Waals surface area contributed by atoms with E-state index in [4.69, 9.17) is 20.8 Å². The van der Waals surface area contributed by atoms with Crippen molar-refractivity contribution in [3.05, 3.63) is 65.9 Å². The van der Waals surface area contributed by atoms with Crippen LogP contribution in [-0.4, -0.2) is 5.24 Å². The highest BCUT2D eigenvalue weighted by atomic mass is 35.5. The van der Waals surface area contributed by atoms with Crippen molar-refractivity contribution >= 4 is 27.8 Å². The number of carbonyl (C=O) groups excluding carboxylic acids is 1. The summed E-state index contributed by atoms with van der Waals surface area (Å²) in [5, 5.41) is 0.127. The van der Waals surface area contributed by atoms with E-state index in [1.807, 2.05) is 42.5 Å². The quantitative estimate of drug-likeness (QED) is 0.668. The van der Waals surface area contributed by atoms with Crippen molar-refractivity contribution in [2.45, 2.75) is 6.61 Å². The number of furan rings is 1. The molecule has 0 aliphatic carbocycles. The molecule has 0 aliphatic heterocycles. The Morgan fingerprint density at radius 2 is 1.90 bits per heavy atom. The van der Waals surface area contributed by atoms with Crippen LogP contribution in [-0.2, 0) is 6.61 Å². The van der Waals surface area contributed by atoms with Gasteiger partial charge in [-0.05, 0) is 29.3 Å². The molecule has 0 fully saturated rings. The fourth-order valence-electron chi connectivity index (χ4n) is 1.99. The largest absolute Gasteiger partial charge is 0.488 e. The number of hydrogen-bond donors (Lipinski definition) is 0. The number of hydrogen-bond acceptors (Lipinski definition) is 3. The number of carbonyl (C=O) groups is 1. The molecule has 0 atom stereocenters. The molecule has 1 aromatic heterocycles. The monoisotopic (exact) mass is 286 g/mol. The lowest BCUT2D eigenvalue weighted by molar-refractivity contribution is 0.105. The molecule has 0 N–H and O–H groups in total. The molecule has 0 bridgehead atoms. The SMILES string of the molecule is O=C(Cl)c1cc2c(OCc3ccccc3)cccc2o1.